The zero-order chi connectivity index (χ0) is 20.5. The Bertz CT molecular complexity index is 766. The lowest BCUT2D eigenvalue weighted by molar-refractivity contribution is 0.1000. The molecule has 0 unspecified atom stereocenters. The van der Waals surface area contributed by atoms with E-state index in [1.165, 1.54) is 34.7 Å². The Kier molecular flexibility index (Phi) is 7.68. The fraction of sp³-hybridized carbons (Fsp3) is 0.333. The Morgan fingerprint density at radius 2 is 1.64 bits per heavy atom. The molecular weight excluding hydrogens is 360 g/mol. The molecule has 150 valence electrons. The van der Waals surface area contributed by atoms with Crippen LogP contribution in [0.1, 0.15) is 28.8 Å². The summed E-state index contributed by atoms with van der Waals surface area (Å²) in [6.07, 6.45) is 2.14. The van der Waals surface area contributed by atoms with Crippen LogP contribution < -0.4 is 10.5 Å². The molecule has 0 aliphatic carbocycles. The number of nitrogens with two attached hydrogens (primary N) is 1. The fourth-order valence-electron chi connectivity index (χ4n) is 3.05. The third-order valence-electron chi connectivity index (χ3n) is 4.72. The van der Waals surface area contributed by atoms with Gasteiger partial charge in [0.1, 0.15) is 11.5 Å². The van der Waals surface area contributed by atoms with Crippen molar-refractivity contribution >= 4 is 12.0 Å². The summed E-state index contributed by atoms with van der Waals surface area (Å²) in [5.41, 5.74) is 6.64. The van der Waals surface area contributed by atoms with Crippen molar-refractivity contribution in [3.05, 3.63) is 59.7 Å². The van der Waals surface area contributed by atoms with Gasteiger partial charge >= 0.3 is 6.09 Å². The van der Waals surface area contributed by atoms with Crippen LogP contribution in [0.2, 0.25) is 0 Å². The maximum absolute atomic E-state index is 10.8. The van der Waals surface area contributed by atoms with Crippen molar-refractivity contribution in [2.45, 2.75) is 19.3 Å². The molecule has 0 atom stereocenters. The van der Waals surface area contributed by atoms with Crippen LogP contribution in [0.5, 0.6) is 11.5 Å². The second kappa shape index (κ2) is 10.2. The first kappa shape index (κ1) is 21.1. The lowest BCUT2D eigenvalue weighted by Gasteiger charge is -2.30. The Hall–Kier alpha value is -3.22. The number of ether oxygens (including phenoxy) is 1. The number of hydrogen-bond acceptors (Lipinski definition) is 4. The number of aromatic hydroxyl groups is 1. The van der Waals surface area contributed by atoms with E-state index in [0.29, 0.717) is 24.6 Å². The summed E-state index contributed by atoms with van der Waals surface area (Å²) in [5, 5.41) is 17.7. The molecule has 1 heterocycles. The summed E-state index contributed by atoms with van der Waals surface area (Å²) in [5.74, 6) is 1.11. The molecule has 7 heteroatoms. The number of likely N-dealkylation sites (tertiary alicyclic amines) is 1. The molecule has 0 bridgehead atoms. The predicted octanol–water partition coefficient (Wildman–Crippen LogP) is 3.12. The van der Waals surface area contributed by atoms with Gasteiger partial charge in [-0.3, -0.25) is 4.79 Å². The summed E-state index contributed by atoms with van der Waals surface area (Å²) < 4.78 is 5.13. The number of hydrogen-bond donors (Lipinski definition) is 3. The van der Waals surface area contributed by atoms with Gasteiger partial charge in [-0.05, 0) is 67.1 Å². The molecule has 1 aliphatic heterocycles. The summed E-state index contributed by atoms with van der Waals surface area (Å²) in [4.78, 5) is 22.8. The number of nitrogens with zero attached hydrogens (tertiary/aromatic N) is 1. The van der Waals surface area contributed by atoms with Crippen molar-refractivity contribution < 1.29 is 24.5 Å². The second-order valence-electron chi connectivity index (χ2n) is 6.68. The molecule has 3 rings (SSSR count). The minimum Gasteiger partial charge on any atom is -0.508 e. The van der Waals surface area contributed by atoms with Crippen LogP contribution >= 0.6 is 0 Å². The first-order chi connectivity index (χ1) is 13.4. The van der Waals surface area contributed by atoms with Gasteiger partial charge in [-0.25, -0.2) is 4.79 Å². The highest BCUT2D eigenvalue weighted by atomic mass is 16.5. The van der Waals surface area contributed by atoms with Gasteiger partial charge in [0.15, 0.2) is 0 Å². The van der Waals surface area contributed by atoms with Crippen LogP contribution in [0.3, 0.4) is 0 Å². The number of amides is 2. The molecule has 0 saturated carbocycles. The first-order valence-electron chi connectivity index (χ1n) is 9.08. The molecule has 2 aromatic carbocycles. The molecule has 2 amide bonds. The van der Waals surface area contributed by atoms with Gasteiger partial charge < -0.3 is 25.6 Å². The first-order valence-corrected chi connectivity index (χ1v) is 9.08. The standard InChI is InChI=1S/C14H19NO3.C7H7NO2/c1-18-13-4-2-11(3-5-13)10-12-6-8-15(9-7-12)14(16)17;8-7(10)5-1-3-6(9)4-2-5/h2-5,12H,6-10H2,1H3,(H,16,17);1-4,9H,(H2,8,10). The fourth-order valence-corrected chi connectivity index (χ4v) is 3.05. The van der Waals surface area contributed by atoms with E-state index in [2.05, 4.69) is 12.1 Å². The molecule has 0 aromatic heterocycles. The SMILES string of the molecule is COc1ccc(CC2CCN(C(=O)O)CC2)cc1.NC(=O)c1ccc(O)cc1. The van der Waals surface area contributed by atoms with Crippen LogP contribution in [0.15, 0.2) is 48.5 Å². The Labute approximate surface area is 164 Å². The van der Waals surface area contributed by atoms with Gasteiger partial charge in [-0.2, -0.15) is 0 Å². The van der Waals surface area contributed by atoms with E-state index >= 15 is 0 Å². The highest BCUT2D eigenvalue weighted by Gasteiger charge is 2.22. The van der Waals surface area contributed by atoms with Gasteiger partial charge in [0.05, 0.1) is 7.11 Å². The number of primary amides is 1. The Morgan fingerprint density at radius 3 is 2.11 bits per heavy atom. The summed E-state index contributed by atoms with van der Waals surface area (Å²) in [6.45, 7) is 1.33. The zero-order valence-corrected chi connectivity index (χ0v) is 15.9. The number of phenols is 1. The van der Waals surface area contributed by atoms with Crippen molar-refractivity contribution in [2.75, 3.05) is 20.2 Å². The zero-order valence-electron chi connectivity index (χ0n) is 15.9. The molecule has 28 heavy (non-hydrogen) atoms. The minimum atomic E-state index is -0.794. The largest absolute Gasteiger partial charge is 0.508 e. The van der Waals surface area contributed by atoms with Gasteiger partial charge in [-0.15, -0.1) is 0 Å². The molecule has 0 radical (unpaired) electrons. The maximum Gasteiger partial charge on any atom is 0.407 e. The number of carbonyl (C=O) groups excluding carboxylic acids is 1. The van der Waals surface area contributed by atoms with E-state index in [-0.39, 0.29) is 5.75 Å². The number of phenolic OH excluding ortho intramolecular Hbond substituents is 1. The Balaban J connectivity index is 0.000000237. The predicted molar refractivity (Wildman–Crippen MR) is 106 cm³/mol. The molecular formula is C21H26N2O5. The van der Waals surface area contributed by atoms with Crippen LogP contribution in [0.4, 0.5) is 4.79 Å². The maximum atomic E-state index is 10.8. The monoisotopic (exact) mass is 386 g/mol. The smallest absolute Gasteiger partial charge is 0.407 e. The Morgan fingerprint density at radius 1 is 1.07 bits per heavy atom. The number of benzene rings is 2. The van der Waals surface area contributed by atoms with Crippen LogP contribution in [-0.2, 0) is 6.42 Å². The quantitative estimate of drug-likeness (QED) is 0.747. The molecule has 1 saturated heterocycles. The molecule has 1 fully saturated rings. The van der Waals surface area contributed by atoms with Crippen molar-refractivity contribution in [1.29, 1.82) is 0 Å². The topological polar surface area (TPSA) is 113 Å². The van der Waals surface area contributed by atoms with Crippen LogP contribution in [0, 0.1) is 5.92 Å². The summed E-state index contributed by atoms with van der Waals surface area (Å²) >= 11 is 0. The number of carbonyl (C=O) groups is 2. The van der Waals surface area contributed by atoms with Crippen molar-refractivity contribution in [3.8, 4) is 11.5 Å². The van der Waals surface area contributed by atoms with Crippen LogP contribution in [-0.4, -0.2) is 47.3 Å². The number of methoxy groups -OCH3 is 1. The molecule has 2 aromatic rings. The molecule has 1 aliphatic rings. The van der Waals surface area contributed by atoms with Crippen molar-refractivity contribution in [3.63, 3.8) is 0 Å². The highest BCUT2D eigenvalue weighted by molar-refractivity contribution is 5.92. The van der Waals surface area contributed by atoms with E-state index in [9.17, 15) is 9.59 Å². The van der Waals surface area contributed by atoms with Gasteiger partial charge in [0.25, 0.3) is 0 Å². The van der Waals surface area contributed by atoms with Crippen LogP contribution in [0.25, 0.3) is 0 Å². The van der Waals surface area contributed by atoms with E-state index in [1.54, 1.807) is 7.11 Å². The number of carboxylic acid groups (broad SMARTS) is 1. The van der Waals surface area contributed by atoms with Gasteiger partial charge in [0, 0.05) is 18.7 Å². The normalized spacial score (nSPS) is 14.0. The average molecular weight is 386 g/mol. The second-order valence-corrected chi connectivity index (χ2v) is 6.68. The van der Waals surface area contributed by atoms with E-state index in [1.807, 2.05) is 12.1 Å². The van der Waals surface area contributed by atoms with E-state index in [4.69, 9.17) is 20.7 Å². The molecule has 0 spiro atoms. The van der Waals surface area contributed by atoms with E-state index in [0.717, 1.165) is 25.0 Å². The summed E-state index contributed by atoms with van der Waals surface area (Å²) in [7, 11) is 1.66. The van der Waals surface area contributed by atoms with E-state index < -0.39 is 12.0 Å². The molecule has 7 nitrogen and oxygen atoms in total. The third kappa shape index (κ3) is 6.50. The van der Waals surface area contributed by atoms with Gasteiger partial charge in [-0.1, -0.05) is 12.1 Å². The van der Waals surface area contributed by atoms with Crippen molar-refractivity contribution in [1.82, 2.24) is 4.90 Å². The average Bonchev–Trinajstić information content (AvgIpc) is 2.70. The summed E-state index contributed by atoms with van der Waals surface area (Å²) in [6, 6.07) is 13.9. The van der Waals surface area contributed by atoms with Crippen molar-refractivity contribution in [2.24, 2.45) is 11.7 Å². The van der Waals surface area contributed by atoms with Gasteiger partial charge in [0.2, 0.25) is 5.91 Å². The third-order valence-corrected chi connectivity index (χ3v) is 4.72. The number of rotatable bonds is 4. The minimum absolute atomic E-state index is 0.130. The lowest BCUT2D eigenvalue weighted by Crippen LogP contribution is -2.37. The lowest BCUT2D eigenvalue weighted by atomic mass is 9.90. The number of piperidine rings is 1. The highest BCUT2D eigenvalue weighted by Crippen LogP contribution is 2.22. The molecule has 4 N–H and O–H groups in total.